The fraction of sp³-hybridized carbons (Fsp3) is 0.667. The van der Waals surface area contributed by atoms with Gasteiger partial charge in [0.2, 0.25) is 0 Å². The first-order valence-electron chi connectivity index (χ1n) is 7.29. The molecule has 1 amide bonds. The number of Topliss-reactive ketones (excluding diaryl/α,β-unsaturated/α-hetero) is 1. The number of hydrogen-bond donors (Lipinski definition) is 0. The fourth-order valence-corrected chi connectivity index (χ4v) is 2.36. The van der Waals surface area contributed by atoms with Gasteiger partial charge >= 0.3 is 6.09 Å². The molecule has 0 spiro atoms. The van der Waals surface area contributed by atoms with E-state index in [1.807, 2.05) is 25.5 Å². The third kappa shape index (κ3) is 4.06. The Morgan fingerprint density at radius 3 is 2.38 bits per heavy atom. The second kappa shape index (κ2) is 5.87. The van der Waals surface area contributed by atoms with Crippen molar-refractivity contribution in [3.8, 4) is 0 Å². The summed E-state index contributed by atoms with van der Waals surface area (Å²) < 4.78 is 7.21. The molecule has 0 radical (unpaired) electrons. The molecular formula is C15H23N3O3. The number of piperidine rings is 1. The molecule has 1 aliphatic rings. The van der Waals surface area contributed by atoms with Crippen molar-refractivity contribution in [2.45, 2.75) is 52.2 Å². The highest BCUT2D eigenvalue weighted by Gasteiger charge is 2.27. The van der Waals surface area contributed by atoms with Gasteiger partial charge in [-0.25, -0.2) is 4.79 Å². The highest BCUT2D eigenvalue weighted by molar-refractivity contribution is 5.93. The first kappa shape index (κ1) is 15.5. The van der Waals surface area contributed by atoms with Crippen LogP contribution in [-0.4, -0.2) is 45.2 Å². The Balaban J connectivity index is 1.90. The highest BCUT2D eigenvalue weighted by Crippen LogP contribution is 2.23. The van der Waals surface area contributed by atoms with Gasteiger partial charge in [-0.1, -0.05) is 0 Å². The lowest BCUT2D eigenvalue weighted by Gasteiger charge is -2.33. The molecule has 1 aromatic heterocycles. The standard InChI is InChI=1S/C15H23N3O3/c1-11(19)12-9-16-18(10-12)13-5-7-17(8-6-13)14(20)21-15(2,3)4/h9-10,13H,5-8H2,1-4H3. The summed E-state index contributed by atoms with van der Waals surface area (Å²) in [6, 6.07) is 0.233. The van der Waals surface area contributed by atoms with Gasteiger partial charge in [0.25, 0.3) is 0 Å². The minimum Gasteiger partial charge on any atom is -0.444 e. The summed E-state index contributed by atoms with van der Waals surface area (Å²) in [7, 11) is 0. The summed E-state index contributed by atoms with van der Waals surface area (Å²) in [5.74, 6) is 0.0208. The van der Waals surface area contributed by atoms with Crippen LogP contribution in [0.15, 0.2) is 12.4 Å². The molecule has 0 aromatic carbocycles. The quantitative estimate of drug-likeness (QED) is 0.786. The highest BCUT2D eigenvalue weighted by atomic mass is 16.6. The molecule has 6 nitrogen and oxygen atoms in total. The molecule has 0 bridgehead atoms. The smallest absolute Gasteiger partial charge is 0.410 e. The average molecular weight is 293 g/mol. The van der Waals surface area contributed by atoms with Gasteiger partial charge in [0.15, 0.2) is 5.78 Å². The molecule has 0 saturated carbocycles. The molecule has 1 fully saturated rings. The van der Waals surface area contributed by atoms with Gasteiger partial charge in [-0.15, -0.1) is 0 Å². The maximum atomic E-state index is 12.0. The zero-order chi connectivity index (χ0) is 15.6. The Morgan fingerprint density at radius 2 is 1.90 bits per heavy atom. The van der Waals surface area contributed by atoms with E-state index in [-0.39, 0.29) is 17.9 Å². The van der Waals surface area contributed by atoms with Crippen LogP contribution in [0.4, 0.5) is 4.79 Å². The minimum absolute atomic E-state index is 0.0208. The average Bonchev–Trinajstić information content (AvgIpc) is 2.86. The number of ketones is 1. The normalized spacial score (nSPS) is 16.9. The summed E-state index contributed by atoms with van der Waals surface area (Å²) in [6.07, 6.45) is 4.76. The third-order valence-corrected chi connectivity index (χ3v) is 3.50. The van der Waals surface area contributed by atoms with Gasteiger partial charge in [-0.3, -0.25) is 9.48 Å². The van der Waals surface area contributed by atoms with E-state index in [4.69, 9.17) is 4.74 Å². The van der Waals surface area contributed by atoms with Crippen LogP contribution in [0.2, 0.25) is 0 Å². The molecule has 0 N–H and O–H groups in total. The van der Waals surface area contributed by atoms with Crippen LogP contribution in [0.3, 0.4) is 0 Å². The van der Waals surface area contributed by atoms with Gasteiger partial charge in [0.05, 0.1) is 17.8 Å². The van der Waals surface area contributed by atoms with Crippen molar-refractivity contribution in [1.82, 2.24) is 14.7 Å². The monoisotopic (exact) mass is 293 g/mol. The molecule has 1 aliphatic heterocycles. The Kier molecular flexibility index (Phi) is 4.34. The van der Waals surface area contributed by atoms with Crippen LogP contribution >= 0.6 is 0 Å². The van der Waals surface area contributed by atoms with Crippen molar-refractivity contribution in [2.24, 2.45) is 0 Å². The van der Waals surface area contributed by atoms with Gasteiger partial charge in [0.1, 0.15) is 5.60 Å². The second-order valence-electron chi connectivity index (χ2n) is 6.46. The van der Waals surface area contributed by atoms with Gasteiger partial charge in [0, 0.05) is 19.3 Å². The van der Waals surface area contributed by atoms with E-state index >= 15 is 0 Å². The van der Waals surface area contributed by atoms with Gasteiger partial charge in [-0.2, -0.15) is 5.10 Å². The van der Waals surface area contributed by atoms with E-state index in [0.29, 0.717) is 18.7 Å². The molecule has 116 valence electrons. The Morgan fingerprint density at radius 1 is 1.29 bits per heavy atom. The van der Waals surface area contributed by atoms with Gasteiger partial charge < -0.3 is 9.64 Å². The predicted molar refractivity (Wildman–Crippen MR) is 78.3 cm³/mol. The van der Waals surface area contributed by atoms with E-state index in [9.17, 15) is 9.59 Å². The van der Waals surface area contributed by atoms with E-state index in [2.05, 4.69) is 5.10 Å². The number of carbonyl (C=O) groups is 2. The molecule has 21 heavy (non-hydrogen) atoms. The van der Waals surface area contributed by atoms with Crippen molar-refractivity contribution < 1.29 is 14.3 Å². The van der Waals surface area contributed by atoms with Crippen LogP contribution < -0.4 is 0 Å². The molecule has 0 aliphatic carbocycles. The molecule has 1 saturated heterocycles. The van der Waals surface area contributed by atoms with Crippen LogP contribution in [0.1, 0.15) is 56.9 Å². The molecule has 0 atom stereocenters. The van der Waals surface area contributed by atoms with Crippen LogP contribution in [0.5, 0.6) is 0 Å². The summed E-state index contributed by atoms with van der Waals surface area (Å²) in [5.41, 5.74) is 0.163. The van der Waals surface area contributed by atoms with E-state index in [1.165, 1.54) is 6.92 Å². The fourth-order valence-electron chi connectivity index (χ4n) is 2.36. The molecule has 0 unspecified atom stereocenters. The summed E-state index contributed by atoms with van der Waals surface area (Å²) in [6.45, 7) is 8.43. The predicted octanol–water partition coefficient (Wildman–Crippen LogP) is 2.66. The summed E-state index contributed by atoms with van der Waals surface area (Å²) in [4.78, 5) is 25.0. The topological polar surface area (TPSA) is 64.4 Å². The first-order valence-corrected chi connectivity index (χ1v) is 7.29. The number of likely N-dealkylation sites (tertiary alicyclic amines) is 1. The SMILES string of the molecule is CC(=O)c1cnn(C2CCN(C(=O)OC(C)(C)C)CC2)c1. The van der Waals surface area contributed by atoms with Crippen molar-refractivity contribution >= 4 is 11.9 Å². The third-order valence-electron chi connectivity index (χ3n) is 3.50. The molecular weight excluding hydrogens is 270 g/mol. The van der Waals surface area contributed by atoms with Crippen molar-refractivity contribution in [2.75, 3.05) is 13.1 Å². The maximum Gasteiger partial charge on any atom is 0.410 e. The van der Waals surface area contributed by atoms with Crippen LogP contribution in [0.25, 0.3) is 0 Å². The lowest BCUT2D eigenvalue weighted by atomic mass is 10.1. The van der Waals surface area contributed by atoms with E-state index in [1.54, 1.807) is 17.3 Å². The molecule has 1 aromatic rings. The maximum absolute atomic E-state index is 12.0. The van der Waals surface area contributed by atoms with Gasteiger partial charge in [-0.05, 0) is 40.5 Å². The Labute approximate surface area is 125 Å². The zero-order valence-electron chi connectivity index (χ0n) is 13.1. The number of rotatable bonds is 2. The molecule has 2 rings (SSSR count). The minimum atomic E-state index is -0.466. The number of carbonyl (C=O) groups excluding carboxylic acids is 2. The van der Waals surface area contributed by atoms with Crippen LogP contribution in [-0.2, 0) is 4.74 Å². The Bertz CT molecular complexity index is 523. The number of ether oxygens (including phenoxy) is 1. The number of hydrogen-bond acceptors (Lipinski definition) is 4. The summed E-state index contributed by atoms with van der Waals surface area (Å²) >= 11 is 0. The molecule has 6 heteroatoms. The van der Waals surface area contributed by atoms with Crippen molar-refractivity contribution in [1.29, 1.82) is 0 Å². The zero-order valence-corrected chi connectivity index (χ0v) is 13.1. The van der Waals surface area contributed by atoms with E-state index in [0.717, 1.165) is 12.8 Å². The Hall–Kier alpha value is -1.85. The van der Waals surface area contributed by atoms with Crippen LogP contribution in [0, 0.1) is 0 Å². The lowest BCUT2D eigenvalue weighted by Crippen LogP contribution is -2.42. The number of nitrogens with zero attached hydrogens (tertiary/aromatic N) is 3. The largest absolute Gasteiger partial charge is 0.444 e. The van der Waals surface area contributed by atoms with Crippen molar-refractivity contribution in [3.05, 3.63) is 18.0 Å². The van der Waals surface area contributed by atoms with Crippen molar-refractivity contribution in [3.63, 3.8) is 0 Å². The second-order valence-corrected chi connectivity index (χ2v) is 6.46. The first-order chi connectivity index (χ1) is 9.76. The molecule has 2 heterocycles. The number of aromatic nitrogens is 2. The lowest BCUT2D eigenvalue weighted by molar-refractivity contribution is 0.0185. The number of amides is 1. The van der Waals surface area contributed by atoms with E-state index < -0.39 is 5.60 Å². The summed E-state index contributed by atoms with van der Waals surface area (Å²) in [5, 5.41) is 4.25.